The molecule has 0 spiro atoms. The smallest absolute Gasteiger partial charge is 0.0897 e. The second kappa shape index (κ2) is 10.8. The van der Waals surface area contributed by atoms with Gasteiger partial charge in [-0.05, 0) is 32.6 Å². The second-order valence-corrected chi connectivity index (χ2v) is 5.88. The van der Waals surface area contributed by atoms with Crippen molar-refractivity contribution in [3.63, 3.8) is 0 Å². The van der Waals surface area contributed by atoms with Gasteiger partial charge in [-0.3, -0.25) is 0 Å². The zero-order valence-electron chi connectivity index (χ0n) is 12.9. The lowest BCUT2D eigenvalue weighted by Gasteiger charge is -2.20. The minimum absolute atomic E-state index is 0.233. The number of hydrogen-bond acceptors (Lipinski definition) is 3. The lowest BCUT2D eigenvalue weighted by atomic mass is 10.1. The van der Waals surface area contributed by atoms with E-state index in [1.54, 1.807) is 0 Å². The van der Waals surface area contributed by atoms with Gasteiger partial charge in [-0.15, -0.1) is 0 Å². The van der Waals surface area contributed by atoms with Crippen molar-refractivity contribution >= 4 is 0 Å². The van der Waals surface area contributed by atoms with Crippen LogP contribution in [-0.2, 0) is 4.74 Å². The summed E-state index contributed by atoms with van der Waals surface area (Å²) in [7, 11) is 0. The van der Waals surface area contributed by atoms with E-state index in [1.165, 1.54) is 19.3 Å². The first-order chi connectivity index (χ1) is 8.45. The summed E-state index contributed by atoms with van der Waals surface area (Å²) >= 11 is 0. The molecule has 0 aliphatic rings. The Bertz CT molecular complexity index is 185. The molecule has 0 saturated carbocycles. The van der Waals surface area contributed by atoms with Crippen LogP contribution in [0.2, 0.25) is 0 Å². The molecule has 0 rings (SSSR count). The lowest BCUT2D eigenvalue weighted by molar-refractivity contribution is -0.00919. The van der Waals surface area contributed by atoms with Crippen molar-refractivity contribution in [2.24, 2.45) is 5.92 Å². The molecule has 3 unspecified atom stereocenters. The monoisotopic (exact) mass is 259 g/mol. The normalized spacial score (nSPS) is 16.8. The molecule has 0 amide bonds. The molecular formula is C15H33NO2. The van der Waals surface area contributed by atoms with Gasteiger partial charge in [-0.25, -0.2) is 0 Å². The molecule has 18 heavy (non-hydrogen) atoms. The fourth-order valence-electron chi connectivity index (χ4n) is 2.02. The van der Waals surface area contributed by atoms with E-state index < -0.39 is 6.10 Å². The molecule has 110 valence electrons. The predicted molar refractivity (Wildman–Crippen MR) is 77.9 cm³/mol. The molecule has 0 bridgehead atoms. The summed E-state index contributed by atoms with van der Waals surface area (Å²) in [5, 5.41) is 13.2. The summed E-state index contributed by atoms with van der Waals surface area (Å²) < 4.78 is 5.64. The highest BCUT2D eigenvalue weighted by atomic mass is 16.5. The highest BCUT2D eigenvalue weighted by Crippen LogP contribution is 2.07. The third-order valence-electron chi connectivity index (χ3n) is 3.07. The van der Waals surface area contributed by atoms with Crippen LogP contribution in [0.25, 0.3) is 0 Å². The molecular weight excluding hydrogens is 226 g/mol. The standard InChI is InChI=1S/C15H33NO2/c1-6-7-8-13(4)16-10-15(17)11-18-14(5)9-12(2)3/h12-17H,6-11H2,1-5H3. The van der Waals surface area contributed by atoms with E-state index in [4.69, 9.17) is 4.74 Å². The van der Waals surface area contributed by atoms with E-state index in [2.05, 4.69) is 39.9 Å². The van der Waals surface area contributed by atoms with Crippen LogP contribution in [0, 0.1) is 5.92 Å². The van der Waals surface area contributed by atoms with Crippen molar-refractivity contribution in [3.05, 3.63) is 0 Å². The van der Waals surface area contributed by atoms with E-state index in [0.29, 0.717) is 25.1 Å². The van der Waals surface area contributed by atoms with Gasteiger partial charge >= 0.3 is 0 Å². The Morgan fingerprint density at radius 2 is 1.83 bits per heavy atom. The van der Waals surface area contributed by atoms with Crippen LogP contribution in [0.15, 0.2) is 0 Å². The fraction of sp³-hybridized carbons (Fsp3) is 1.00. The van der Waals surface area contributed by atoms with Gasteiger partial charge in [0.1, 0.15) is 0 Å². The van der Waals surface area contributed by atoms with E-state index >= 15 is 0 Å². The Labute approximate surface area is 113 Å². The summed E-state index contributed by atoms with van der Waals surface area (Å²) in [6, 6.07) is 0.479. The molecule has 0 aromatic heterocycles. The number of unbranched alkanes of at least 4 members (excludes halogenated alkanes) is 1. The van der Waals surface area contributed by atoms with Crippen LogP contribution in [0.5, 0.6) is 0 Å². The SMILES string of the molecule is CCCCC(C)NCC(O)COC(C)CC(C)C. The third-order valence-corrected chi connectivity index (χ3v) is 3.07. The number of rotatable bonds is 11. The Morgan fingerprint density at radius 1 is 1.17 bits per heavy atom. The van der Waals surface area contributed by atoms with Gasteiger partial charge in [0.25, 0.3) is 0 Å². The first-order valence-corrected chi connectivity index (χ1v) is 7.48. The number of nitrogens with one attached hydrogen (secondary N) is 1. The van der Waals surface area contributed by atoms with Crippen LogP contribution >= 0.6 is 0 Å². The van der Waals surface area contributed by atoms with Crippen LogP contribution in [0.4, 0.5) is 0 Å². The van der Waals surface area contributed by atoms with Gasteiger partial charge < -0.3 is 15.2 Å². The van der Waals surface area contributed by atoms with Gasteiger partial charge in [-0.1, -0.05) is 33.6 Å². The molecule has 3 atom stereocenters. The van der Waals surface area contributed by atoms with Crippen LogP contribution < -0.4 is 5.32 Å². The molecule has 3 nitrogen and oxygen atoms in total. The largest absolute Gasteiger partial charge is 0.389 e. The zero-order valence-corrected chi connectivity index (χ0v) is 12.9. The maximum absolute atomic E-state index is 9.82. The highest BCUT2D eigenvalue weighted by molar-refractivity contribution is 4.66. The van der Waals surface area contributed by atoms with Crippen molar-refractivity contribution in [2.75, 3.05) is 13.2 Å². The Morgan fingerprint density at radius 3 is 2.39 bits per heavy atom. The second-order valence-electron chi connectivity index (χ2n) is 5.88. The number of ether oxygens (including phenoxy) is 1. The van der Waals surface area contributed by atoms with E-state index in [1.807, 2.05) is 0 Å². The van der Waals surface area contributed by atoms with Gasteiger partial charge in [-0.2, -0.15) is 0 Å². The Kier molecular flexibility index (Phi) is 10.7. The topological polar surface area (TPSA) is 41.5 Å². The summed E-state index contributed by atoms with van der Waals surface area (Å²) in [5.74, 6) is 0.643. The summed E-state index contributed by atoms with van der Waals surface area (Å²) in [6.45, 7) is 11.9. The average molecular weight is 259 g/mol. The highest BCUT2D eigenvalue weighted by Gasteiger charge is 2.10. The molecule has 0 aliphatic carbocycles. The molecule has 0 heterocycles. The molecule has 0 fully saturated rings. The molecule has 0 aliphatic heterocycles. The maximum atomic E-state index is 9.82. The molecule has 0 aromatic rings. The Balaban J connectivity index is 3.55. The van der Waals surface area contributed by atoms with Crippen LogP contribution in [-0.4, -0.2) is 36.5 Å². The third kappa shape index (κ3) is 11.0. The van der Waals surface area contributed by atoms with E-state index in [9.17, 15) is 5.11 Å². The number of aliphatic hydroxyl groups excluding tert-OH is 1. The minimum atomic E-state index is -0.399. The fourth-order valence-corrected chi connectivity index (χ4v) is 2.02. The van der Waals surface area contributed by atoms with Crippen molar-refractivity contribution in [2.45, 2.75) is 78.6 Å². The van der Waals surface area contributed by atoms with Gasteiger partial charge in [0.05, 0.1) is 18.8 Å². The Hall–Kier alpha value is -0.120. The predicted octanol–water partition coefficient (Wildman–Crippen LogP) is 2.97. The maximum Gasteiger partial charge on any atom is 0.0897 e. The van der Waals surface area contributed by atoms with Gasteiger partial charge in [0.15, 0.2) is 0 Å². The van der Waals surface area contributed by atoms with Gasteiger partial charge in [0.2, 0.25) is 0 Å². The van der Waals surface area contributed by atoms with Gasteiger partial charge in [0, 0.05) is 12.6 Å². The first kappa shape index (κ1) is 17.9. The summed E-state index contributed by atoms with van der Waals surface area (Å²) in [4.78, 5) is 0. The number of aliphatic hydroxyl groups is 1. The van der Waals surface area contributed by atoms with Crippen LogP contribution in [0.1, 0.15) is 60.3 Å². The van der Waals surface area contributed by atoms with E-state index in [0.717, 1.165) is 6.42 Å². The summed E-state index contributed by atoms with van der Waals surface area (Å²) in [6.07, 6.45) is 4.53. The van der Waals surface area contributed by atoms with Crippen molar-refractivity contribution in [1.29, 1.82) is 0 Å². The minimum Gasteiger partial charge on any atom is -0.389 e. The average Bonchev–Trinajstić information content (AvgIpc) is 2.30. The molecule has 0 radical (unpaired) electrons. The molecule has 2 N–H and O–H groups in total. The molecule has 0 aromatic carbocycles. The molecule has 0 saturated heterocycles. The van der Waals surface area contributed by atoms with E-state index in [-0.39, 0.29) is 6.10 Å². The van der Waals surface area contributed by atoms with Crippen LogP contribution in [0.3, 0.4) is 0 Å². The quantitative estimate of drug-likeness (QED) is 0.599. The first-order valence-electron chi connectivity index (χ1n) is 7.48. The summed E-state index contributed by atoms with van der Waals surface area (Å²) in [5.41, 5.74) is 0. The van der Waals surface area contributed by atoms with Crippen molar-refractivity contribution < 1.29 is 9.84 Å². The van der Waals surface area contributed by atoms with Crippen molar-refractivity contribution in [3.8, 4) is 0 Å². The lowest BCUT2D eigenvalue weighted by Crippen LogP contribution is -2.36. The zero-order chi connectivity index (χ0) is 14.0. The van der Waals surface area contributed by atoms with Crippen molar-refractivity contribution in [1.82, 2.24) is 5.32 Å². The molecule has 3 heteroatoms. The number of hydrogen-bond donors (Lipinski definition) is 2.